The Bertz CT molecular complexity index is 3640. The zero-order valence-corrected chi connectivity index (χ0v) is 31.1. The Hall–Kier alpha value is -7.68. The molecule has 0 unspecified atom stereocenters. The van der Waals surface area contributed by atoms with Crippen molar-refractivity contribution in [1.82, 2.24) is 0 Å². The van der Waals surface area contributed by atoms with E-state index in [1.54, 1.807) is 0 Å². The van der Waals surface area contributed by atoms with Crippen molar-refractivity contribution in [2.75, 3.05) is 0 Å². The smallest absolute Gasteiger partial charge is 0.135 e. The maximum atomic E-state index is 6.41. The Labute approximate surface area is 331 Å². The highest BCUT2D eigenvalue weighted by molar-refractivity contribution is 6.25. The van der Waals surface area contributed by atoms with Gasteiger partial charge >= 0.3 is 0 Å². The maximum Gasteiger partial charge on any atom is 0.135 e. The van der Waals surface area contributed by atoms with Crippen molar-refractivity contribution in [3.63, 3.8) is 0 Å². The minimum absolute atomic E-state index is 0.888. The van der Waals surface area contributed by atoms with Gasteiger partial charge in [0, 0.05) is 21.5 Å². The van der Waals surface area contributed by atoms with Crippen LogP contribution in [0, 0.1) is 0 Å². The molecule has 0 fully saturated rings. The SMILES string of the molecule is c1cc2ccc3cc(-c4ccc5oc6ccc(-c7ccc8oc9ccc(-c%10cc%11ccc%12cccc%13ccc(c%10)c%11c%12%13)cc9c8c7)cc6c5c4)cc4ccc(c1)c2c34. The van der Waals surface area contributed by atoms with Crippen LogP contribution in [0.3, 0.4) is 0 Å². The summed E-state index contributed by atoms with van der Waals surface area (Å²) < 4.78 is 12.8. The van der Waals surface area contributed by atoms with E-state index in [0.717, 1.165) is 55.0 Å². The van der Waals surface area contributed by atoms with Crippen LogP contribution in [0.4, 0.5) is 0 Å². The Morgan fingerprint density at radius 3 is 0.776 bits per heavy atom. The molecule has 2 heteroatoms. The molecule has 2 aromatic heterocycles. The molecule has 0 saturated carbocycles. The summed E-state index contributed by atoms with van der Waals surface area (Å²) in [6.45, 7) is 0. The molecule has 0 atom stereocenters. The number of rotatable bonds is 3. The lowest BCUT2D eigenvalue weighted by atomic mass is 9.91. The summed E-state index contributed by atoms with van der Waals surface area (Å²) in [6, 6.07) is 66.9. The summed E-state index contributed by atoms with van der Waals surface area (Å²) >= 11 is 0. The van der Waals surface area contributed by atoms with Crippen molar-refractivity contribution in [3.8, 4) is 33.4 Å². The lowest BCUT2D eigenvalue weighted by molar-refractivity contribution is 0.668. The lowest BCUT2D eigenvalue weighted by Crippen LogP contribution is -1.86. The van der Waals surface area contributed by atoms with Crippen LogP contribution in [0.15, 0.2) is 191 Å². The largest absolute Gasteiger partial charge is 0.456 e. The van der Waals surface area contributed by atoms with Gasteiger partial charge in [0.1, 0.15) is 22.3 Å². The van der Waals surface area contributed by atoms with Crippen LogP contribution in [0.5, 0.6) is 0 Å². The molecule has 2 nitrogen and oxygen atoms in total. The van der Waals surface area contributed by atoms with E-state index in [4.69, 9.17) is 8.83 Å². The monoisotopic (exact) mass is 734 g/mol. The molecule has 0 aliphatic carbocycles. The number of benzene rings is 12. The molecule has 0 amide bonds. The van der Waals surface area contributed by atoms with Crippen LogP contribution in [0.1, 0.15) is 0 Å². The summed E-state index contributed by atoms with van der Waals surface area (Å²) in [4.78, 5) is 0. The first kappa shape index (κ1) is 30.5. The van der Waals surface area contributed by atoms with E-state index in [1.165, 1.54) is 86.9 Å². The van der Waals surface area contributed by atoms with Gasteiger partial charge in [-0.2, -0.15) is 0 Å². The molecule has 58 heavy (non-hydrogen) atoms. The summed E-state index contributed by atoms with van der Waals surface area (Å²) in [5.41, 5.74) is 10.6. The number of hydrogen-bond donors (Lipinski definition) is 0. The number of fused-ring (bicyclic) bond motifs is 6. The van der Waals surface area contributed by atoms with E-state index in [-0.39, 0.29) is 0 Å². The fourth-order valence-corrected chi connectivity index (χ4v) is 10.1. The highest BCUT2D eigenvalue weighted by Gasteiger charge is 2.16. The Morgan fingerprint density at radius 1 is 0.207 bits per heavy atom. The molecule has 0 bridgehead atoms. The first-order valence-corrected chi connectivity index (χ1v) is 20.0. The van der Waals surface area contributed by atoms with Crippen LogP contribution >= 0.6 is 0 Å². The van der Waals surface area contributed by atoms with Gasteiger partial charge in [0.05, 0.1) is 0 Å². The predicted molar refractivity (Wildman–Crippen MR) is 245 cm³/mol. The van der Waals surface area contributed by atoms with E-state index in [1.807, 2.05) is 0 Å². The molecule has 0 radical (unpaired) electrons. The minimum Gasteiger partial charge on any atom is -0.456 e. The Morgan fingerprint density at radius 2 is 0.466 bits per heavy atom. The molecule has 0 spiro atoms. The molecular formula is C56H30O2. The molecule has 0 saturated heterocycles. The second-order valence-corrected chi connectivity index (χ2v) is 16.1. The molecule has 12 aromatic carbocycles. The summed E-state index contributed by atoms with van der Waals surface area (Å²) in [7, 11) is 0. The van der Waals surface area contributed by atoms with Gasteiger partial charge in [-0.1, -0.05) is 109 Å². The van der Waals surface area contributed by atoms with Crippen molar-refractivity contribution >= 4 is 109 Å². The number of furan rings is 2. The van der Waals surface area contributed by atoms with Gasteiger partial charge in [-0.3, -0.25) is 0 Å². The molecular weight excluding hydrogens is 705 g/mol. The van der Waals surface area contributed by atoms with E-state index < -0.39 is 0 Å². The van der Waals surface area contributed by atoms with E-state index in [9.17, 15) is 0 Å². The average Bonchev–Trinajstić information content (AvgIpc) is 3.84. The van der Waals surface area contributed by atoms with Crippen molar-refractivity contribution in [1.29, 1.82) is 0 Å². The average molecular weight is 735 g/mol. The zero-order valence-electron chi connectivity index (χ0n) is 31.1. The second kappa shape index (κ2) is 11.0. The fraction of sp³-hybridized carbons (Fsp3) is 0. The third kappa shape index (κ3) is 4.21. The Balaban J connectivity index is 0.876. The maximum absolute atomic E-state index is 6.41. The van der Waals surface area contributed by atoms with Crippen LogP contribution in [0.2, 0.25) is 0 Å². The lowest BCUT2D eigenvalue weighted by Gasteiger charge is -2.13. The highest BCUT2D eigenvalue weighted by Crippen LogP contribution is 2.42. The van der Waals surface area contributed by atoms with Crippen LogP contribution in [0.25, 0.3) is 142 Å². The quantitative estimate of drug-likeness (QED) is 0.169. The third-order valence-electron chi connectivity index (χ3n) is 12.9. The van der Waals surface area contributed by atoms with E-state index in [2.05, 4.69) is 182 Å². The Kier molecular flexibility index (Phi) is 5.79. The van der Waals surface area contributed by atoms with Gasteiger partial charge in [-0.05, 0) is 171 Å². The summed E-state index contributed by atoms with van der Waals surface area (Å²) in [5.74, 6) is 0. The molecule has 0 N–H and O–H groups in total. The van der Waals surface area contributed by atoms with Crippen molar-refractivity contribution in [3.05, 3.63) is 182 Å². The summed E-state index contributed by atoms with van der Waals surface area (Å²) in [5, 5.41) is 20.0. The second-order valence-electron chi connectivity index (χ2n) is 16.1. The predicted octanol–water partition coefficient (Wildman–Crippen LogP) is 16.3. The molecule has 14 rings (SSSR count). The van der Waals surface area contributed by atoms with Crippen LogP contribution in [-0.2, 0) is 0 Å². The minimum atomic E-state index is 0.888. The normalized spacial score (nSPS) is 12.5. The van der Waals surface area contributed by atoms with Gasteiger partial charge < -0.3 is 8.83 Å². The van der Waals surface area contributed by atoms with Crippen LogP contribution in [-0.4, -0.2) is 0 Å². The van der Waals surface area contributed by atoms with E-state index >= 15 is 0 Å². The molecule has 14 aromatic rings. The molecule has 2 heterocycles. The van der Waals surface area contributed by atoms with E-state index in [0.29, 0.717) is 0 Å². The molecule has 266 valence electrons. The van der Waals surface area contributed by atoms with Crippen molar-refractivity contribution in [2.45, 2.75) is 0 Å². The fourth-order valence-electron chi connectivity index (χ4n) is 10.1. The standard InChI is InChI=1S/C56H30O2/c1-3-31-7-11-39-23-43(24-40-12-8-32(4-1)53(31)55(39)40)37-17-21-51-47(29-37)45-27-35(15-19-49(45)57-51)36-16-20-50-46(28-36)48-30-38(18-22-52(48)58-50)44-25-41-13-9-33-5-2-6-34-10-14-42(26-44)56(41)54(33)34/h1-30H. The molecule has 0 aliphatic heterocycles. The first-order valence-electron chi connectivity index (χ1n) is 20.0. The summed E-state index contributed by atoms with van der Waals surface area (Å²) in [6.07, 6.45) is 0. The van der Waals surface area contributed by atoms with Gasteiger partial charge in [0.25, 0.3) is 0 Å². The highest BCUT2D eigenvalue weighted by atomic mass is 16.3. The van der Waals surface area contributed by atoms with Gasteiger partial charge in [0.15, 0.2) is 0 Å². The van der Waals surface area contributed by atoms with Gasteiger partial charge in [0.2, 0.25) is 0 Å². The topological polar surface area (TPSA) is 26.3 Å². The third-order valence-corrected chi connectivity index (χ3v) is 12.9. The van der Waals surface area contributed by atoms with Gasteiger partial charge in [-0.15, -0.1) is 0 Å². The van der Waals surface area contributed by atoms with Crippen LogP contribution < -0.4 is 0 Å². The zero-order chi connectivity index (χ0) is 37.6. The first-order chi connectivity index (χ1) is 28.7. The van der Waals surface area contributed by atoms with Crippen molar-refractivity contribution < 1.29 is 8.83 Å². The molecule has 0 aliphatic rings. The number of hydrogen-bond acceptors (Lipinski definition) is 2. The van der Waals surface area contributed by atoms with Gasteiger partial charge in [-0.25, -0.2) is 0 Å². The van der Waals surface area contributed by atoms with Crippen molar-refractivity contribution in [2.24, 2.45) is 0 Å².